The van der Waals surface area contributed by atoms with Crippen LogP contribution in [-0.2, 0) is 0 Å². The van der Waals surface area contributed by atoms with Gasteiger partial charge in [0.1, 0.15) is 11.6 Å². The normalized spacial score (nSPS) is 9.72. The second kappa shape index (κ2) is 8.83. The van der Waals surface area contributed by atoms with Gasteiger partial charge < -0.3 is 10.6 Å². The van der Waals surface area contributed by atoms with Gasteiger partial charge in [-0.3, -0.25) is 4.79 Å². The van der Waals surface area contributed by atoms with Gasteiger partial charge in [-0.1, -0.05) is 6.92 Å². The Hall–Kier alpha value is -1.20. The van der Waals surface area contributed by atoms with Crippen LogP contribution in [0.1, 0.15) is 23.7 Å². The van der Waals surface area contributed by atoms with Crippen molar-refractivity contribution < 1.29 is 13.6 Å². The first-order valence-electron chi connectivity index (χ1n) is 5.59. The minimum absolute atomic E-state index is 0. The van der Waals surface area contributed by atoms with Crippen molar-refractivity contribution in [3.8, 4) is 0 Å². The molecule has 6 heteroatoms. The highest BCUT2D eigenvalue weighted by molar-refractivity contribution is 5.94. The van der Waals surface area contributed by atoms with Crippen molar-refractivity contribution in [2.45, 2.75) is 13.3 Å². The molecule has 0 atom stereocenters. The minimum atomic E-state index is -0.844. The Morgan fingerprint density at radius 2 is 1.94 bits per heavy atom. The first kappa shape index (κ1) is 16.8. The number of amides is 1. The lowest BCUT2D eigenvalue weighted by atomic mass is 10.2. The number of halogens is 3. The average molecular weight is 279 g/mol. The highest BCUT2D eigenvalue weighted by Gasteiger charge is 2.11. The first-order chi connectivity index (χ1) is 8.15. The summed E-state index contributed by atoms with van der Waals surface area (Å²) in [5.41, 5.74) is -0.137. The Morgan fingerprint density at radius 3 is 2.56 bits per heavy atom. The molecular weight excluding hydrogens is 262 g/mol. The van der Waals surface area contributed by atoms with Crippen molar-refractivity contribution in [2.75, 3.05) is 19.6 Å². The zero-order valence-corrected chi connectivity index (χ0v) is 10.9. The fourth-order valence-electron chi connectivity index (χ4n) is 1.34. The predicted molar refractivity (Wildman–Crippen MR) is 69.1 cm³/mol. The Kier molecular flexibility index (Phi) is 8.24. The number of rotatable bonds is 6. The molecule has 0 heterocycles. The maximum absolute atomic E-state index is 13.2. The van der Waals surface area contributed by atoms with E-state index in [2.05, 4.69) is 10.6 Å². The molecule has 1 aromatic carbocycles. The van der Waals surface area contributed by atoms with Gasteiger partial charge in [0.15, 0.2) is 0 Å². The maximum Gasteiger partial charge on any atom is 0.254 e. The summed E-state index contributed by atoms with van der Waals surface area (Å²) in [7, 11) is 0. The van der Waals surface area contributed by atoms with Crippen LogP contribution in [0.5, 0.6) is 0 Å². The summed E-state index contributed by atoms with van der Waals surface area (Å²) < 4.78 is 25.8. The Bertz CT molecular complexity index is 388. The molecule has 0 unspecified atom stereocenters. The summed E-state index contributed by atoms with van der Waals surface area (Å²) in [4.78, 5) is 11.5. The van der Waals surface area contributed by atoms with E-state index < -0.39 is 17.5 Å². The molecule has 1 rings (SSSR count). The van der Waals surface area contributed by atoms with Crippen LogP contribution in [0.25, 0.3) is 0 Å². The molecule has 0 aliphatic carbocycles. The molecule has 0 bridgehead atoms. The zero-order chi connectivity index (χ0) is 12.7. The Balaban J connectivity index is 0.00000289. The van der Waals surface area contributed by atoms with Crippen LogP contribution in [0.15, 0.2) is 18.2 Å². The average Bonchev–Trinajstić information content (AvgIpc) is 2.28. The van der Waals surface area contributed by atoms with E-state index in [9.17, 15) is 13.6 Å². The molecule has 0 radical (unpaired) electrons. The third-order valence-electron chi connectivity index (χ3n) is 2.19. The van der Waals surface area contributed by atoms with E-state index in [1.54, 1.807) is 0 Å². The largest absolute Gasteiger partial charge is 0.351 e. The second-order valence-electron chi connectivity index (χ2n) is 3.63. The van der Waals surface area contributed by atoms with Gasteiger partial charge in [0.2, 0.25) is 0 Å². The number of carbonyl (C=O) groups excluding carboxylic acids is 1. The second-order valence-corrected chi connectivity index (χ2v) is 3.63. The van der Waals surface area contributed by atoms with Gasteiger partial charge in [0, 0.05) is 19.2 Å². The molecule has 1 amide bonds. The quantitative estimate of drug-likeness (QED) is 0.783. The first-order valence-corrected chi connectivity index (χ1v) is 5.59. The zero-order valence-electron chi connectivity index (χ0n) is 10.1. The van der Waals surface area contributed by atoms with Crippen molar-refractivity contribution in [1.29, 1.82) is 0 Å². The molecule has 0 fully saturated rings. The van der Waals surface area contributed by atoms with Gasteiger partial charge in [-0.2, -0.15) is 0 Å². The van der Waals surface area contributed by atoms with Gasteiger partial charge in [0.25, 0.3) is 5.91 Å². The molecular formula is C12H17ClF2N2O. The number of carbonyl (C=O) groups is 1. The predicted octanol–water partition coefficient (Wildman–Crippen LogP) is 2.12. The Labute approximate surface area is 111 Å². The van der Waals surface area contributed by atoms with Crippen LogP contribution < -0.4 is 10.6 Å². The standard InChI is InChI=1S/C12H16F2N2O.ClH/c1-2-5-15-6-7-16-12(17)10-4-3-9(13)8-11(10)14;/h3-4,8,15H,2,5-7H2,1H3,(H,16,17);1H. The molecule has 1 aromatic rings. The molecule has 0 aliphatic rings. The van der Waals surface area contributed by atoms with Crippen molar-refractivity contribution >= 4 is 18.3 Å². The van der Waals surface area contributed by atoms with Gasteiger partial charge in [0.05, 0.1) is 5.56 Å². The van der Waals surface area contributed by atoms with Crippen molar-refractivity contribution in [2.24, 2.45) is 0 Å². The third kappa shape index (κ3) is 5.42. The van der Waals surface area contributed by atoms with Crippen LogP contribution in [0.2, 0.25) is 0 Å². The summed E-state index contributed by atoms with van der Waals surface area (Å²) in [6.07, 6.45) is 1.01. The highest BCUT2D eigenvalue weighted by atomic mass is 35.5. The lowest BCUT2D eigenvalue weighted by Gasteiger charge is -2.06. The summed E-state index contributed by atoms with van der Waals surface area (Å²) in [5.74, 6) is -2.06. The molecule has 18 heavy (non-hydrogen) atoms. The summed E-state index contributed by atoms with van der Waals surface area (Å²) in [5, 5.41) is 5.65. The molecule has 0 spiro atoms. The van der Waals surface area contributed by atoms with Crippen LogP contribution in [0, 0.1) is 11.6 Å². The number of benzene rings is 1. The highest BCUT2D eigenvalue weighted by Crippen LogP contribution is 2.08. The lowest BCUT2D eigenvalue weighted by Crippen LogP contribution is -2.32. The molecule has 0 saturated heterocycles. The fourth-order valence-corrected chi connectivity index (χ4v) is 1.34. The topological polar surface area (TPSA) is 41.1 Å². The summed E-state index contributed by atoms with van der Waals surface area (Å²) >= 11 is 0. The maximum atomic E-state index is 13.2. The van der Waals surface area contributed by atoms with E-state index in [1.165, 1.54) is 0 Å². The molecule has 3 nitrogen and oxygen atoms in total. The molecule has 0 aliphatic heterocycles. The monoisotopic (exact) mass is 278 g/mol. The summed E-state index contributed by atoms with van der Waals surface area (Å²) in [6, 6.07) is 2.90. The fraction of sp³-hybridized carbons (Fsp3) is 0.417. The van der Waals surface area contributed by atoms with E-state index in [0.717, 1.165) is 25.1 Å². The van der Waals surface area contributed by atoms with Gasteiger partial charge in [-0.15, -0.1) is 12.4 Å². The molecule has 102 valence electrons. The van der Waals surface area contributed by atoms with E-state index in [0.29, 0.717) is 19.2 Å². The SMILES string of the molecule is CCCNCCNC(=O)c1ccc(F)cc1F.Cl. The van der Waals surface area contributed by atoms with Crippen molar-refractivity contribution in [3.63, 3.8) is 0 Å². The Morgan fingerprint density at radius 1 is 1.22 bits per heavy atom. The number of nitrogens with one attached hydrogen (secondary N) is 2. The molecule has 0 aromatic heterocycles. The van der Waals surface area contributed by atoms with Crippen molar-refractivity contribution in [1.82, 2.24) is 10.6 Å². The lowest BCUT2D eigenvalue weighted by molar-refractivity contribution is 0.0950. The van der Waals surface area contributed by atoms with Gasteiger partial charge >= 0.3 is 0 Å². The molecule has 2 N–H and O–H groups in total. The van der Waals surface area contributed by atoms with Gasteiger partial charge in [-0.25, -0.2) is 8.78 Å². The van der Waals surface area contributed by atoms with Crippen molar-refractivity contribution in [3.05, 3.63) is 35.4 Å². The van der Waals surface area contributed by atoms with Crippen LogP contribution in [0.3, 0.4) is 0 Å². The van der Waals surface area contributed by atoms with Crippen LogP contribution in [-0.4, -0.2) is 25.5 Å². The number of hydrogen-bond donors (Lipinski definition) is 2. The van der Waals surface area contributed by atoms with E-state index in [4.69, 9.17) is 0 Å². The smallest absolute Gasteiger partial charge is 0.254 e. The van der Waals surface area contributed by atoms with Crippen LogP contribution >= 0.6 is 12.4 Å². The summed E-state index contributed by atoms with van der Waals surface area (Å²) in [6.45, 7) is 3.96. The van der Waals surface area contributed by atoms with E-state index in [1.807, 2.05) is 6.92 Å². The third-order valence-corrected chi connectivity index (χ3v) is 2.19. The number of hydrogen-bond acceptors (Lipinski definition) is 2. The molecule has 0 saturated carbocycles. The van der Waals surface area contributed by atoms with E-state index in [-0.39, 0.29) is 18.0 Å². The van der Waals surface area contributed by atoms with E-state index >= 15 is 0 Å². The van der Waals surface area contributed by atoms with Crippen LogP contribution in [0.4, 0.5) is 8.78 Å². The minimum Gasteiger partial charge on any atom is -0.351 e. The van der Waals surface area contributed by atoms with Gasteiger partial charge in [-0.05, 0) is 25.1 Å².